The first kappa shape index (κ1) is 19.2. The lowest BCUT2D eigenvalue weighted by Gasteiger charge is -2.40. The standard InChI is InChI=1S/C25H28N4O/c1-17-13-26-21(18(2)22(17)30)15-29-12-6-10-25(16-29)11-9-20-14-27-24(28-23(20)25)19-7-4-3-5-8-19/h3-5,7-8,13-14H,6,9-12,15-16H2,1-2H3,(H,26,30). The molecule has 1 saturated heterocycles. The number of rotatable bonds is 3. The molecule has 1 N–H and O–H groups in total. The Hall–Kier alpha value is -2.79. The number of nitrogens with zero attached hydrogens (tertiary/aromatic N) is 3. The van der Waals surface area contributed by atoms with E-state index in [1.807, 2.05) is 44.4 Å². The van der Waals surface area contributed by atoms with Gasteiger partial charge in [0.1, 0.15) is 0 Å². The SMILES string of the molecule is Cc1c[nH]c(CN2CCCC3(CCc4cnc(-c5ccccc5)nc43)C2)c(C)c1=O. The summed E-state index contributed by atoms with van der Waals surface area (Å²) in [6.45, 7) is 6.63. The Labute approximate surface area is 177 Å². The number of hydrogen-bond donors (Lipinski definition) is 1. The monoisotopic (exact) mass is 400 g/mol. The molecule has 3 aromatic rings. The predicted octanol–water partition coefficient (Wildman–Crippen LogP) is 3.93. The number of likely N-dealkylation sites (tertiary alicyclic amines) is 1. The second-order valence-electron chi connectivity index (χ2n) is 8.93. The van der Waals surface area contributed by atoms with Crippen molar-refractivity contribution in [2.45, 2.75) is 51.5 Å². The van der Waals surface area contributed by atoms with Gasteiger partial charge in [0.15, 0.2) is 11.3 Å². The van der Waals surface area contributed by atoms with Crippen LogP contribution in [0.1, 0.15) is 47.3 Å². The lowest BCUT2D eigenvalue weighted by Crippen LogP contribution is -2.45. The van der Waals surface area contributed by atoms with Gasteiger partial charge in [-0.3, -0.25) is 9.69 Å². The molecule has 0 radical (unpaired) electrons. The van der Waals surface area contributed by atoms with Crippen molar-refractivity contribution in [3.8, 4) is 11.4 Å². The van der Waals surface area contributed by atoms with E-state index in [0.29, 0.717) is 0 Å². The van der Waals surface area contributed by atoms with Crippen LogP contribution >= 0.6 is 0 Å². The molecule has 5 rings (SSSR count). The molecule has 1 aliphatic carbocycles. The first-order valence-electron chi connectivity index (χ1n) is 10.9. The van der Waals surface area contributed by atoms with Crippen LogP contribution in [0.5, 0.6) is 0 Å². The third kappa shape index (κ3) is 3.27. The number of hydrogen-bond acceptors (Lipinski definition) is 4. The van der Waals surface area contributed by atoms with Crippen LogP contribution in [0, 0.1) is 13.8 Å². The Morgan fingerprint density at radius 2 is 2.00 bits per heavy atom. The molecule has 1 aliphatic heterocycles. The van der Waals surface area contributed by atoms with Crippen molar-refractivity contribution in [1.82, 2.24) is 19.9 Å². The van der Waals surface area contributed by atoms with Crippen molar-refractivity contribution >= 4 is 0 Å². The molecule has 1 atom stereocenters. The van der Waals surface area contributed by atoms with Gasteiger partial charge >= 0.3 is 0 Å². The minimum atomic E-state index is 0.0962. The minimum absolute atomic E-state index is 0.0962. The molecule has 0 saturated carbocycles. The molecule has 30 heavy (non-hydrogen) atoms. The highest BCUT2D eigenvalue weighted by atomic mass is 16.1. The Bertz CT molecular complexity index is 1130. The summed E-state index contributed by atoms with van der Waals surface area (Å²) in [6, 6.07) is 10.2. The molecule has 5 nitrogen and oxygen atoms in total. The largest absolute Gasteiger partial charge is 0.363 e. The van der Waals surface area contributed by atoms with Crippen LogP contribution in [0.4, 0.5) is 0 Å². The van der Waals surface area contributed by atoms with Crippen LogP contribution in [-0.4, -0.2) is 32.9 Å². The van der Waals surface area contributed by atoms with Crippen molar-refractivity contribution < 1.29 is 0 Å². The van der Waals surface area contributed by atoms with Crippen molar-refractivity contribution in [3.05, 3.63) is 81.0 Å². The number of fused-ring (bicyclic) bond motifs is 2. The smallest absolute Gasteiger partial charge is 0.187 e. The van der Waals surface area contributed by atoms with Gasteiger partial charge in [-0.2, -0.15) is 0 Å². The summed E-state index contributed by atoms with van der Waals surface area (Å²) < 4.78 is 0. The van der Waals surface area contributed by atoms with Gasteiger partial charge in [-0.15, -0.1) is 0 Å². The second kappa shape index (κ2) is 7.47. The number of aromatic amines is 1. The molecule has 1 fully saturated rings. The van der Waals surface area contributed by atoms with Crippen LogP contribution in [0.2, 0.25) is 0 Å². The third-order valence-electron chi connectivity index (χ3n) is 6.92. The Kier molecular flexibility index (Phi) is 4.78. The molecule has 2 aliphatic rings. The van der Waals surface area contributed by atoms with Crippen LogP contribution in [0.25, 0.3) is 11.4 Å². The summed E-state index contributed by atoms with van der Waals surface area (Å²) >= 11 is 0. The first-order chi connectivity index (χ1) is 14.6. The molecular formula is C25H28N4O. The minimum Gasteiger partial charge on any atom is -0.363 e. The fraction of sp³-hybridized carbons (Fsp3) is 0.400. The maximum atomic E-state index is 12.4. The summed E-state index contributed by atoms with van der Waals surface area (Å²) in [5, 5.41) is 0. The first-order valence-corrected chi connectivity index (χ1v) is 10.9. The van der Waals surface area contributed by atoms with E-state index in [9.17, 15) is 4.79 Å². The molecule has 1 spiro atoms. The van der Waals surface area contributed by atoms with Crippen LogP contribution in [-0.2, 0) is 18.4 Å². The highest BCUT2D eigenvalue weighted by Crippen LogP contribution is 2.44. The van der Waals surface area contributed by atoms with E-state index in [2.05, 4.69) is 27.0 Å². The van der Waals surface area contributed by atoms with E-state index in [-0.39, 0.29) is 10.8 Å². The number of benzene rings is 1. The van der Waals surface area contributed by atoms with Crippen molar-refractivity contribution in [2.75, 3.05) is 13.1 Å². The molecule has 0 bridgehead atoms. The molecule has 1 aromatic carbocycles. The number of aromatic nitrogens is 3. The Morgan fingerprint density at radius 1 is 1.17 bits per heavy atom. The number of nitrogens with one attached hydrogen (secondary N) is 1. The van der Waals surface area contributed by atoms with E-state index in [1.54, 1.807) is 0 Å². The summed E-state index contributed by atoms with van der Waals surface area (Å²) in [7, 11) is 0. The van der Waals surface area contributed by atoms with E-state index in [0.717, 1.165) is 67.1 Å². The topological polar surface area (TPSA) is 61.9 Å². The average Bonchev–Trinajstić information content (AvgIpc) is 3.12. The highest BCUT2D eigenvalue weighted by Gasteiger charge is 2.43. The highest BCUT2D eigenvalue weighted by molar-refractivity contribution is 5.55. The van der Waals surface area contributed by atoms with Crippen molar-refractivity contribution in [2.24, 2.45) is 0 Å². The van der Waals surface area contributed by atoms with Crippen LogP contribution < -0.4 is 5.43 Å². The summed E-state index contributed by atoms with van der Waals surface area (Å²) in [5.74, 6) is 0.825. The maximum Gasteiger partial charge on any atom is 0.187 e. The van der Waals surface area contributed by atoms with Crippen LogP contribution in [0.15, 0.2) is 47.5 Å². The lowest BCUT2D eigenvalue weighted by atomic mass is 9.77. The zero-order valence-corrected chi connectivity index (χ0v) is 17.7. The molecule has 3 heterocycles. The van der Waals surface area contributed by atoms with Crippen LogP contribution in [0.3, 0.4) is 0 Å². The fourth-order valence-corrected chi connectivity index (χ4v) is 5.22. The van der Waals surface area contributed by atoms with Gasteiger partial charge in [-0.1, -0.05) is 30.3 Å². The zero-order valence-electron chi connectivity index (χ0n) is 17.7. The number of pyridine rings is 1. The second-order valence-corrected chi connectivity index (χ2v) is 8.93. The number of H-pyrrole nitrogens is 1. The molecule has 0 amide bonds. The zero-order chi connectivity index (χ0) is 20.7. The van der Waals surface area contributed by atoms with E-state index < -0.39 is 0 Å². The maximum absolute atomic E-state index is 12.4. The molecule has 2 aromatic heterocycles. The number of aryl methyl sites for hydroxylation is 2. The quantitative estimate of drug-likeness (QED) is 0.724. The van der Waals surface area contributed by atoms with Crippen molar-refractivity contribution in [1.29, 1.82) is 0 Å². The van der Waals surface area contributed by atoms with E-state index in [1.165, 1.54) is 17.7 Å². The van der Waals surface area contributed by atoms with Gasteiger partial charge in [0.05, 0.1) is 5.69 Å². The predicted molar refractivity (Wildman–Crippen MR) is 119 cm³/mol. The van der Waals surface area contributed by atoms with Gasteiger partial charge in [0.2, 0.25) is 0 Å². The van der Waals surface area contributed by atoms with E-state index >= 15 is 0 Å². The lowest BCUT2D eigenvalue weighted by molar-refractivity contribution is 0.135. The van der Waals surface area contributed by atoms with Gasteiger partial charge < -0.3 is 4.98 Å². The summed E-state index contributed by atoms with van der Waals surface area (Å²) in [5.41, 5.74) is 6.53. The van der Waals surface area contributed by atoms with Gasteiger partial charge in [0, 0.05) is 53.3 Å². The Balaban J connectivity index is 1.44. The van der Waals surface area contributed by atoms with Gasteiger partial charge in [-0.05, 0) is 51.6 Å². The normalized spacial score (nSPS) is 21.1. The number of piperidine rings is 1. The van der Waals surface area contributed by atoms with E-state index in [4.69, 9.17) is 4.98 Å². The third-order valence-corrected chi connectivity index (χ3v) is 6.92. The van der Waals surface area contributed by atoms with Crippen molar-refractivity contribution in [3.63, 3.8) is 0 Å². The van der Waals surface area contributed by atoms with Gasteiger partial charge in [0.25, 0.3) is 0 Å². The summed E-state index contributed by atoms with van der Waals surface area (Å²) in [4.78, 5) is 28.0. The fourth-order valence-electron chi connectivity index (χ4n) is 5.22. The molecule has 154 valence electrons. The Morgan fingerprint density at radius 3 is 2.83 bits per heavy atom. The summed E-state index contributed by atoms with van der Waals surface area (Å²) in [6.07, 6.45) is 8.40. The molecule has 1 unspecified atom stereocenters. The average molecular weight is 401 g/mol. The molecule has 5 heteroatoms. The van der Waals surface area contributed by atoms with Gasteiger partial charge in [-0.25, -0.2) is 9.97 Å². The molecular weight excluding hydrogens is 372 g/mol.